The fourth-order valence-electron chi connectivity index (χ4n) is 3.14. The molecule has 0 aliphatic rings. The predicted molar refractivity (Wildman–Crippen MR) is 102 cm³/mol. The number of halogens is 1. The molecule has 0 aliphatic heterocycles. The van der Waals surface area contributed by atoms with Crippen LogP contribution < -0.4 is 0 Å². The number of H-pyrrole nitrogens is 1. The van der Waals surface area contributed by atoms with Gasteiger partial charge in [0, 0.05) is 22.7 Å². The van der Waals surface area contributed by atoms with E-state index in [1.165, 1.54) is 35.5 Å². The number of hydrogen-bond acceptors (Lipinski definition) is 4. The van der Waals surface area contributed by atoms with Gasteiger partial charge < -0.3 is 4.98 Å². The highest BCUT2D eigenvalue weighted by atomic mass is 19.1. The predicted octanol–water partition coefficient (Wildman–Crippen LogP) is 3.99. The van der Waals surface area contributed by atoms with Crippen LogP contribution in [0.4, 0.5) is 4.39 Å². The molecule has 4 rings (SSSR count). The number of carbonyl (C=O) groups is 1. The molecule has 0 radical (unpaired) electrons. The van der Waals surface area contributed by atoms with Gasteiger partial charge in [0.1, 0.15) is 35.8 Å². The van der Waals surface area contributed by atoms with Gasteiger partial charge in [0.15, 0.2) is 0 Å². The van der Waals surface area contributed by atoms with Crippen molar-refractivity contribution in [1.29, 1.82) is 5.26 Å². The van der Waals surface area contributed by atoms with Gasteiger partial charge in [0.2, 0.25) is 5.78 Å². The van der Waals surface area contributed by atoms with Crippen LogP contribution in [0.5, 0.6) is 0 Å². The minimum Gasteiger partial charge on any atom is -0.360 e. The summed E-state index contributed by atoms with van der Waals surface area (Å²) in [6.07, 6.45) is 5.67. The SMILES string of the molecule is Cc1cccc2[nH]cc(C(=O)/C(C#N)=C\c3ccc(-n4cncn4)c(F)c3)c12. The first-order valence-corrected chi connectivity index (χ1v) is 8.46. The molecular weight excluding hydrogens is 357 g/mol. The molecule has 136 valence electrons. The molecular formula is C21H14FN5O. The molecule has 0 saturated heterocycles. The van der Waals surface area contributed by atoms with Crippen molar-refractivity contribution in [3.05, 3.63) is 83.3 Å². The summed E-state index contributed by atoms with van der Waals surface area (Å²) in [5.41, 5.74) is 2.73. The zero-order valence-corrected chi connectivity index (χ0v) is 14.8. The number of ketones is 1. The van der Waals surface area contributed by atoms with E-state index in [1.807, 2.05) is 31.2 Å². The van der Waals surface area contributed by atoms with Gasteiger partial charge in [-0.25, -0.2) is 14.1 Å². The van der Waals surface area contributed by atoms with Gasteiger partial charge >= 0.3 is 0 Å². The fourth-order valence-corrected chi connectivity index (χ4v) is 3.14. The minimum absolute atomic E-state index is 0.0722. The van der Waals surface area contributed by atoms with Crippen LogP contribution in [0.2, 0.25) is 0 Å². The van der Waals surface area contributed by atoms with E-state index in [0.29, 0.717) is 11.1 Å². The lowest BCUT2D eigenvalue weighted by atomic mass is 9.99. The first-order valence-electron chi connectivity index (χ1n) is 8.46. The molecule has 0 spiro atoms. The Kier molecular flexibility index (Phi) is 4.30. The number of fused-ring (bicyclic) bond motifs is 1. The smallest absolute Gasteiger partial charge is 0.205 e. The molecule has 28 heavy (non-hydrogen) atoms. The minimum atomic E-state index is -0.535. The van der Waals surface area contributed by atoms with Gasteiger partial charge in [0.25, 0.3) is 0 Å². The Morgan fingerprint density at radius 1 is 1.32 bits per heavy atom. The number of Topliss-reactive ketones (excluding diaryl/α,β-unsaturated/α-hetero) is 1. The summed E-state index contributed by atoms with van der Waals surface area (Å²) < 4.78 is 15.7. The number of aryl methyl sites for hydroxylation is 1. The van der Waals surface area contributed by atoms with Crippen molar-refractivity contribution in [2.75, 3.05) is 0 Å². The van der Waals surface area contributed by atoms with Crippen LogP contribution in [0.15, 0.2) is 60.8 Å². The number of carbonyl (C=O) groups excluding carboxylic acids is 1. The summed E-state index contributed by atoms with van der Waals surface area (Å²) in [7, 11) is 0. The highest BCUT2D eigenvalue weighted by molar-refractivity contribution is 6.20. The number of nitrogens with zero attached hydrogens (tertiary/aromatic N) is 4. The second-order valence-corrected chi connectivity index (χ2v) is 6.25. The lowest BCUT2D eigenvalue weighted by Crippen LogP contribution is -2.02. The zero-order valence-electron chi connectivity index (χ0n) is 14.8. The monoisotopic (exact) mass is 371 g/mol. The second-order valence-electron chi connectivity index (χ2n) is 6.25. The maximum absolute atomic E-state index is 14.4. The van der Waals surface area contributed by atoms with Gasteiger partial charge in [-0.2, -0.15) is 10.4 Å². The molecule has 4 aromatic rings. The first-order chi connectivity index (χ1) is 13.6. The number of hydrogen-bond donors (Lipinski definition) is 1. The van der Waals surface area contributed by atoms with Gasteiger partial charge in [0.05, 0.1) is 0 Å². The Morgan fingerprint density at radius 3 is 2.89 bits per heavy atom. The van der Waals surface area contributed by atoms with Crippen molar-refractivity contribution in [3.63, 3.8) is 0 Å². The molecule has 0 saturated carbocycles. The third-order valence-electron chi connectivity index (χ3n) is 4.47. The Balaban J connectivity index is 1.72. The van der Waals surface area contributed by atoms with E-state index in [4.69, 9.17) is 0 Å². The highest BCUT2D eigenvalue weighted by Gasteiger charge is 2.18. The number of nitriles is 1. The van der Waals surface area contributed by atoms with Gasteiger partial charge in [-0.1, -0.05) is 18.2 Å². The number of nitrogens with one attached hydrogen (secondary N) is 1. The van der Waals surface area contributed by atoms with Gasteiger partial charge in [-0.3, -0.25) is 4.79 Å². The molecule has 2 aromatic heterocycles. The Labute approximate surface area is 159 Å². The molecule has 0 fully saturated rings. The largest absolute Gasteiger partial charge is 0.360 e. The Morgan fingerprint density at radius 2 is 2.18 bits per heavy atom. The van der Waals surface area contributed by atoms with Gasteiger partial charge in [-0.15, -0.1) is 0 Å². The number of allylic oxidation sites excluding steroid dienone is 1. The third kappa shape index (κ3) is 2.97. The van der Waals surface area contributed by atoms with Crippen LogP contribution >= 0.6 is 0 Å². The van der Waals surface area contributed by atoms with E-state index in [-0.39, 0.29) is 11.3 Å². The van der Waals surface area contributed by atoms with Crippen molar-refractivity contribution in [2.24, 2.45) is 0 Å². The van der Waals surface area contributed by atoms with Crippen molar-refractivity contribution in [1.82, 2.24) is 19.7 Å². The molecule has 7 heteroatoms. The maximum Gasteiger partial charge on any atom is 0.205 e. The van der Waals surface area contributed by atoms with Crippen molar-refractivity contribution >= 4 is 22.8 Å². The fraction of sp³-hybridized carbons (Fsp3) is 0.0476. The lowest BCUT2D eigenvalue weighted by Gasteiger charge is -2.04. The lowest BCUT2D eigenvalue weighted by molar-refractivity contribution is 0.104. The summed E-state index contributed by atoms with van der Waals surface area (Å²) >= 11 is 0. The van der Waals surface area contributed by atoms with E-state index >= 15 is 0 Å². The molecule has 0 bridgehead atoms. The van der Waals surface area contributed by atoms with Crippen LogP contribution in [-0.2, 0) is 0 Å². The molecule has 0 unspecified atom stereocenters. The van der Waals surface area contributed by atoms with Crippen LogP contribution in [0.3, 0.4) is 0 Å². The summed E-state index contributed by atoms with van der Waals surface area (Å²) in [6.45, 7) is 1.90. The summed E-state index contributed by atoms with van der Waals surface area (Å²) in [6, 6.07) is 12.0. The standard InChI is InChI=1S/C21H14FN5O/c1-13-3-2-4-18-20(13)16(10-25-18)21(28)15(9-23)7-14-5-6-19(17(22)8-14)27-12-24-11-26-27/h2-8,10-12,25H,1H3/b15-7-. The average Bonchev–Trinajstić information content (AvgIpc) is 3.36. The molecule has 0 aliphatic carbocycles. The molecule has 2 heterocycles. The summed E-state index contributed by atoms with van der Waals surface area (Å²) in [4.78, 5) is 19.8. The normalized spacial score (nSPS) is 11.5. The maximum atomic E-state index is 14.4. The number of benzene rings is 2. The molecule has 1 N–H and O–H groups in total. The number of aromatic nitrogens is 4. The van der Waals surface area contributed by atoms with E-state index in [0.717, 1.165) is 16.5 Å². The Bertz CT molecular complexity index is 1260. The second kappa shape index (κ2) is 6.93. The first kappa shape index (κ1) is 17.4. The number of rotatable bonds is 4. The van der Waals surface area contributed by atoms with E-state index in [1.54, 1.807) is 12.3 Å². The summed E-state index contributed by atoms with van der Waals surface area (Å²) in [5.74, 6) is -0.948. The number of aromatic amines is 1. The van der Waals surface area contributed by atoms with E-state index < -0.39 is 11.6 Å². The highest BCUT2D eigenvalue weighted by Crippen LogP contribution is 2.25. The zero-order chi connectivity index (χ0) is 19.7. The van der Waals surface area contributed by atoms with E-state index in [2.05, 4.69) is 15.1 Å². The summed E-state index contributed by atoms with van der Waals surface area (Å²) in [5, 5.41) is 14.2. The van der Waals surface area contributed by atoms with Gasteiger partial charge in [-0.05, 0) is 42.3 Å². The van der Waals surface area contributed by atoms with Crippen LogP contribution in [0.1, 0.15) is 21.5 Å². The topological polar surface area (TPSA) is 87.4 Å². The molecule has 2 aromatic carbocycles. The van der Waals surface area contributed by atoms with Crippen molar-refractivity contribution < 1.29 is 9.18 Å². The molecule has 0 amide bonds. The molecule has 6 nitrogen and oxygen atoms in total. The van der Waals surface area contributed by atoms with Crippen molar-refractivity contribution in [3.8, 4) is 11.8 Å². The average molecular weight is 371 g/mol. The quantitative estimate of drug-likeness (QED) is 0.334. The van der Waals surface area contributed by atoms with Crippen LogP contribution in [0.25, 0.3) is 22.7 Å². The molecule has 0 atom stereocenters. The van der Waals surface area contributed by atoms with Crippen molar-refractivity contribution in [2.45, 2.75) is 6.92 Å². The van der Waals surface area contributed by atoms with E-state index in [9.17, 15) is 14.4 Å². The van der Waals surface area contributed by atoms with Crippen LogP contribution in [-0.4, -0.2) is 25.5 Å². The van der Waals surface area contributed by atoms with Crippen LogP contribution in [0, 0.1) is 24.1 Å². The Hall–Kier alpha value is -4.05. The third-order valence-corrected chi connectivity index (χ3v) is 4.47.